The van der Waals surface area contributed by atoms with E-state index in [9.17, 15) is 4.39 Å². The maximum atomic E-state index is 12.7. The van der Waals surface area contributed by atoms with Crippen molar-refractivity contribution in [3.05, 3.63) is 24.0 Å². The topological polar surface area (TPSA) is 38.9 Å². The first-order valence-corrected chi connectivity index (χ1v) is 2.74. The van der Waals surface area contributed by atoms with E-state index in [-0.39, 0.29) is 5.52 Å². The molecule has 3 nitrogen and oxygen atoms in total. The number of hydrogen-bond donors (Lipinski definition) is 0. The van der Waals surface area contributed by atoms with Gasteiger partial charge in [0.15, 0.2) is 16.9 Å². The van der Waals surface area contributed by atoms with Crippen LogP contribution in [0.4, 0.5) is 4.39 Å². The van der Waals surface area contributed by atoms with Gasteiger partial charge in [0, 0.05) is 5.27 Å². The van der Waals surface area contributed by atoms with E-state index in [4.69, 9.17) is 0 Å². The Labute approximate surface area is 55.4 Å². The minimum Gasteiger partial charge on any atom is -0.337 e. The molecule has 0 aliphatic rings. The van der Waals surface area contributed by atoms with Crippen molar-refractivity contribution in [1.82, 2.24) is 10.4 Å². The van der Waals surface area contributed by atoms with Crippen molar-refractivity contribution in [3.63, 3.8) is 0 Å². The second-order valence-corrected chi connectivity index (χ2v) is 1.86. The molecule has 1 heterocycles. The number of rotatable bonds is 0. The maximum Gasteiger partial charge on any atom is 0.190 e. The molecule has 0 unspecified atom stereocenters. The monoisotopic (exact) mass is 138 g/mol. The normalized spacial score (nSPS) is 10.5. The van der Waals surface area contributed by atoms with Gasteiger partial charge in [0.05, 0.1) is 0 Å². The Kier molecular flexibility index (Phi) is 0.943. The van der Waals surface area contributed by atoms with Crippen molar-refractivity contribution in [3.8, 4) is 0 Å². The molecule has 0 aliphatic heterocycles. The highest BCUT2D eigenvalue weighted by atomic mass is 19.1. The molecule has 0 bridgehead atoms. The Balaban J connectivity index is 2.95. The summed E-state index contributed by atoms with van der Waals surface area (Å²) in [6, 6.07) is 4.47. The van der Waals surface area contributed by atoms with Crippen molar-refractivity contribution in [2.24, 2.45) is 0 Å². The summed E-state index contributed by atoms with van der Waals surface area (Å²) >= 11 is 0. The van der Waals surface area contributed by atoms with E-state index in [1.807, 2.05) is 0 Å². The predicted octanol–water partition coefficient (Wildman–Crippen LogP) is 1.36. The highest BCUT2D eigenvalue weighted by Gasteiger charge is 2.03. The van der Waals surface area contributed by atoms with Crippen LogP contribution in [0.3, 0.4) is 0 Å². The van der Waals surface area contributed by atoms with Gasteiger partial charge in [0.2, 0.25) is 0 Å². The molecule has 0 saturated carbocycles. The first-order chi connectivity index (χ1) is 4.88. The van der Waals surface area contributed by atoms with Crippen LogP contribution in [-0.4, -0.2) is 10.4 Å². The van der Waals surface area contributed by atoms with Gasteiger partial charge in [-0.3, -0.25) is 0 Å². The number of aromatic nitrogens is 2. The van der Waals surface area contributed by atoms with Gasteiger partial charge in [0.25, 0.3) is 0 Å². The van der Waals surface area contributed by atoms with Crippen molar-refractivity contribution in [2.75, 3.05) is 0 Å². The molecule has 0 N–H and O–H groups in total. The standard InChI is InChI=1S/C6H3FN2O/c7-4-2-1-3-5-6(4)8-9-10-5/h1-3H. The van der Waals surface area contributed by atoms with Crippen LogP contribution >= 0.6 is 0 Å². The van der Waals surface area contributed by atoms with Crippen LogP contribution < -0.4 is 0 Å². The number of benzene rings is 1. The quantitative estimate of drug-likeness (QED) is 0.551. The zero-order chi connectivity index (χ0) is 6.97. The lowest BCUT2D eigenvalue weighted by atomic mass is 10.3. The Morgan fingerprint density at radius 2 is 2.30 bits per heavy atom. The van der Waals surface area contributed by atoms with Gasteiger partial charge < -0.3 is 4.52 Å². The van der Waals surface area contributed by atoms with Crippen molar-refractivity contribution in [1.29, 1.82) is 0 Å². The summed E-state index contributed by atoms with van der Waals surface area (Å²) in [5.74, 6) is -0.404. The van der Waals surface area contributed by atoms with E-state index in [2.05, 4.69) is 14.9 Å². The Morgan fingerprint density at radius 1 is 1.40 bits per heavy atom. The van der Waals surface area contributed by atoms with Crippen molar-refractivity contribution in [2.45, 2.75) is 0 Å². The van der Waals surface area contributed by atoms with Gasteiger partial charge >= 0.3 is 0 Å². The van der Waals surface area contributed by atoms with Crippen LogP contribution in [0.15, 0.2) is 22.7 Å². The summed E-state index contributed by atoms with van der Waals surface area (Å²) in [4.78, 5) is 0. The second kappa shape index (κ2) is 1.76. The molecule has 2 aromatic rings. The molecule has 4 heteroatoms. The average molecular weight is 138 g/mol. The summed E-state index contributed by atoms with van der Waals surface area (Å²) in [6.45, 7) is 0. The SMILES string of the molecule is Fc1cccc2onnc12. The summed E-state index contributed by atoms with van der Waals surface area (Å²) in [6.07, 6.45) is 0. The molecule has 0 spiro atoms. The molecule has 1 aromatic heterocycles. The molecule has 50 valence electrons. The Hall–Kier alpha value is -1.45. The lowest BCUT2D eigenvalue weighted by molar-refractivity contribution is 0.424. The summed E-state index contributed by atoms with van der Waals surface area (Å²) in [5.41, 5.74) is 0.558. The van der Waals surface area contributed by atoms with E-state index in [1.165, 1.54) is 6.07 Å². The van der Waals surface area contributed by atoms with E-state index >= 15 is 0 Å². The molecule has 0 atom stereocenters. The number of halogens is 1. The van der Waals surface area contributed by atoms with Crippen LogP contribution in [0.25, 0.3) is 11.1 Å². The number of fused-ring (bicyclic) bond motifs is 1. The molecule has 2 rings (SSSR count). The first-order valence-electron chi connectivity index (χ1n) is 2.74. The van der Waals surface area contributed by atoms with Crippen LogP contribution in [-0.2, 0) is 0 Å². The van der Waals surface area contributed by atoms with Gasteiger partial charge in [0.1, 0.15) is 0 Å². The zero-order valence-corrected chi connectivity index (χ0v) is 4.91. The smallest absolute Gasteiger partial charge is 0.190 e. The molecule has 0 amide bonds. The fourth-order valence-electron chi connectivity index (χ4n) is 0.771. The molecule has 0 saturated heterocycles. The third-order valence-corrected chi connectivity index (χ3v) is 1.23. The minimum atomic E-state index is -0.404. The summed E-state index contributed by atoms with van der Waals surface area (Å²) in [5, 5.41) is 6.62. The fourth-order valence-corrected chi connectivity index (χ4v) is 0.771. The number of nitrogens with zero attached hydrogens (tertiary/aromatic N) is 2. The third kappa shape index (κ3) is 0.586. The average Bonchev–Trinajstić information content (AvgIpc) is 2.36. The molecular formula is C6H3FN2O. The molecule has 0 aliphatic carbocycles. The molecule has 1 aromatic carbocycles. The van der Waals surface area contributed by atoms with E-state index in [0.717, 1.165) is 0 Å². The molecule has 10 heavy (non-hydrogen) atoms. The number of hydrogen-bond acceptors (Lipinski definition) is 3. The zero-order valence-electron chi connectivity index (χ0n) is 4.91. The lowest BCUT2D eigenvalue weighted by Crippen LogP contribution is -1.74. The van der Waals surface area contributed by atoms with Crippen LogP contribution in [0, 0.1) is 5.82 Å². The van der Waals surface area contributed by atoms with Crippen LogP contribution in [0.1, 0.15) is 0 Å². The van der Waals surface area contributed by atoms with Gasteiger partial charge in [-0.25, -0.2) is 4.39 Å². The largest absolute Gasteiger partial charge is 0.337 e. The van der Waals surface area contributed by atoms with E-state index in [1.54, 1.807) is 12.1 Å². The summed E-state index contributed by atoms with van der Waals surface area (Å²) < 4.78 is 17.3. The van der Waals surface area contributed by atoms with Gasteiger partial charge in [-0.1, -0.05) is 6.07 Å². The van der Waals surface area contributed by atoms with Crippen molar-refractivity contribution < 1.29 is 8.91 Å². The Bertz CT molecular complexity index is 357. The first kappa shape index (κ1) is 5.34. The molecule has 0 fully saturated rings. The van der Waals surface area contributed by atoms with E-state index in [0.29, 0.717) is 5.58 Å². The second-order valence-electron chi connectivity index (χ2n) is 1.86. The maximum absolute atomic E-state index is 12.7. The van der Waals surface area contributed by atoms with E-state index < -0.39 is 5.82 Å². The van der Waals surface area contributed by atoms with Crippen LogP contribution in [0.5, 0.6) is 0 Å². The fraction of sp³-hybridized carbons (Fsp3) is 0. The van der Waals surface area contributed by atoms with Crippen molar-refractivity contribution >= 4 is 11.1 Å². The van der Waals surface area contributed by atoms with Crippen LogP contribution in [0.2, 0.25) is 0 Å². The summed E-state index contributed by atoms with van der Waals surface area (Å²) in [7, 11) is 0. The molecular weight excluding hydrogens is 135 g/mol. The van der Waals surface area contributed by atoms with Gasteiger partial charge in [-0.2, -0.15) is 0 Å². The van der Waals surface area contributed by atoms with Gasteiger partial charge in [-0.05, 0) is 12.1 Å². The third-order valence-electron chi connectivity index (χ3n) is 1.23. The highest BCUT2D eigenvalue weighted by Crippen LogP contribution is 2.12. The lowest BCUT2D eigenvalue weighted by Gasteiger charge is -1.83. The minimum absolute atomic E-state index is 0.183. The molecule has 0 radical (unpaired) electrons. The van der Waals surface area contributed by atoms with Gasteiger partial charge in [-0.15, -0.1) is 5.10 Å². The Morgan fingerprint density at radius 3 is 3.10 bits per heavy atom. The predicted molar refractivity (Wildman–Crippen MR) is 31.8 cm³/mol. The highest BCUT2D eigenvalue weighted by molar-refractivity contribution is 5.71.